The van der Waals surface area contributed by atoms with Gasteiger partial charge >= 0.3 is 6.09 Å². The van der Waals surface area contributed by atoms with Crippen LogP contribution in [0.4, 0.5) is 10.5 Å². The summed E-state index contributed by atoms with van der Waals surface area (Å²) >= 11 is 3.32. The van der Waals surface area contributed by atoms with Gasteiger partial charge in [-0.05, 0) is 40.5 Å². The number of hydrogen-bond acceptors (Lipinski definition) is 4. The number of halogens is 1. The standard InChI is InChI=1S/C16H17BrN4O4/c1-9(22)10-3-2-4-11(7-10)18-14(23)13-12-8-20(16(24)25)5-6-21(12)15(17)19-13/h2-4,7,9,22H,5-6,8H2,1H3,(H,18,23)(H,24,25). The van der Waals surface area contributed by atoms with E-state index < -0.39 is 18.1 Å². The summed E-state index contributed by atoms with van der Waals surface area (Å²) in [7, 11) is 0. The van der Waals surface area contributed by atoms with Crippen LogP contribution in [0.5, 0.6) is 0 Å². The highest BCUT2D eigenvalue weighted by Crippen LogP contribution is 2.24. The SMILES string of the molecule is CC(O)c1cccc(NC(=O)c2nc(Br)n3c2CN(C(=O)O)CC3)c1. The van der Waals surface area contributed by atoms with Crippen molar-refractivity contribution < 1.29 is 19.8 Å². The number of amides is 2. The number of fused-ring (bicyclic) bond motifs is 1. The van der Waals surface area contributed by atoms with E-state index in [0.717, 1.165) is 0 Å². The highest BCUT2D eigenvalue weighted by atomic mass is 79.9. The number of rotatable bonds is 3. The number of nitrogens with one attached hydrogen (secondary N) is 1. The Hall–Kier alpha value is -2.39. The van der Waals surface area contributed by atoms with Gasteiger partial charge in [-0.15, -0.1) is 0 Å². The average Bonchev–Trinajstić information content (AvgIpc) is 2.91. The molecule has 3 rings (SSSR count). The van der Waals surface area contributed by atoms with Crippen molar-refractivity contribution in [3.05, 3.63) is 46.0 Å². The molecule has 0 bridgehead atoms. The number of anilines is 1. The number of carbonyl (C=O) groups is 2. The molecule has 0 fully saturated rings. The van der Waals surface area contributed by atoms with E-state index in [0.29, 0.717) is 34.8 Å². The maximum absolute atomic E-state index is 12.6. The van der Waals surface area contributed by atoms with Gasteiger partial charge in [0.15, 0.2) is 10.4 Å². The molecular weight excluding hydrogens is 392 g/mol. The summed E-state index contributed by atoms with van der Waals surface area (Å²) in [6, 6.07) is 6.90. The Bertz CT molecular complexity index is 834. The molecule has 1 atom stereocenters. The van der Waals surface area contributed by atoms with E-state index in [1.807, 2.05) is 0 Å². The molecule has 1 aliphatic rings. The van der Waals surface area contributed by atoms with Crippen LogP contribution in [-0.4, -0.2) is 43.2 Å². The number of nitrogens with zero attached hydrogens (tertiary/aromatic N) is 3. The molecule has 9 heteroatoms. The van der Waals surface area contributed by atoms with Crippen LogP contribution in [0, 0.1) is 0 Å². The summed E-state index contributed by atoms with van der Waals surface area (Å²) in [4.78, 5) is 29.3. The molecule has 0 saturated carbocycles. The van der Waals surface area contributed by atoms with Gasteiger partial charge < -0.3 is 25.0 Å². The first-order chi connectivity index (χ1) is 11.9. The number of hydrogen-bond donors (Lipinski definition) is 3. The number of carboxylic acid groups (broad SMARTS) is 1. The molecule has 1 aromatic heterocycles. The quantitative estimate of drug-likeness (QED) is 0.722. The Kier molecular flexibility index (Phi) is 4.78. The van der Waals surface area contributed by atoms with Gasteiger partial charge in [0.25, 0.3) is 5.91 Å². The van der Waals surface area contributed by atoms with Gasteiger partial charge in [-0.1, -0.05) is 12.1 Å². The normalized spacial score (nSPS) is 14.8. The van der Waals surface area contributed by atoms with Gasteiger partial charge in [-0.25, -0.2) is 9.78 Å². The fraction of sp³-hybridized carbons (Fsp3) is 0.312. The van der Waals surface area contributed by atoms with Crippen LogP contribution in [-0.2, 0) is 13.1 Å². The second-order valence-corrected chi connectivity index (χ2v) is 6.50. The molecule has 1 unspecified atom stereocenters. The smallest absolute Gasteiger partial charge is 0.407 e. The number of aliphatic hydroxyl groups excluding tert-OH is 1. The molecule has 0 spiro atoms. The predicted octanol–water partition coefficient (Wildman–Crippen LogP) is 2.44. The molecule has 2 amide bonds. The minimum atomic E-state index is -1.03. The Morgan fingerprint density at radius 3 is 2.80 bits per heavy atom. The van der Waals surface area contributed by atoms with Crippen LogP contribution >= 0.6 is 15.9 Å². The van der Waals surface area contributed by atoms with Crippen molar-refractivity contribution >= 4 is 33.6 Å². The number of imidazole rings is 1. The number of aliphatic hydroxyl groups is 1. The number of aromatic nitrogens is 2. The third kappa shape index (κ3) is 3.52. The zero-order valence-electron chi connectivity index (χ0n) is 13.4. The van der Waals surface area contributed by atoms with Crippen molar-refractivity contribution in [2.75, 3.05) is 11.9 Å². The molecule has 132 valence electrons. The maximum Gasteiger partial charge on any atom is 0.407 e. The Morgan fingerprint density at radius 1 is 1.36 bits per heavy atom. The third-order valence-electron chi connectivity index (χ3n) is 4.07. The van der Waals surface area contributed by atoms with E-state index in [1.54, 1.807) is 35.8 Å². The van der Waals surface area contributed by atoms with E-state index in [1.165, 1.54) is 4.90 Å². The Labute approximate surface area is 152 Å². The van der Waals surface area contributed by atoms with Crippen molar-refractivity contribution in [1.82, 2.24) is 14.5 Å². The first kappa shape index (κ1) is 17.4. The van der Waals surface area contributed by atoms with Crippen molar-refractivity contribution in [3.8, 4) is 0 Å². The molecule has 2 aromatic rings. The fourth-order valence-corrected chi connectivity index (χ4v) is 3.30. The molecule has 25 heavy (non-hydrogen) atoms. The zero-order valence-corrected chi connectivity index (χ0v) is 15.0. The van der Waals surface area contributed by atoms with E-state index in [9.17, 15) is 19.8 Å². The minimum absolute atomic E-state index is 0.102. The Balaban J connectivity index is 1.86. The summed E-state index contributed by atoms with van der Waals surface area (Å²) < 4.78 is 2.29. The van der Waals surface area contributed by atoms with E-state index in [-0.39, 0.29) is 12.2 Å². The van der Waals surface area contributed by atoms with Gasteiger partial charge in [0.05, 0.1) is 18.3 Å². The molecule has 1 aromatic carbocycles. The van der Waals surface area contributed by atoms with Crippen molar-refractivity contribution in [1.29, 1.82) is 0 Å². The van der Waals surface area contributed by atoms with E-state index in [2.05, 4.69) is 26.2 Å². The molecule has 3 N–H and O–H groups in total. The van der Waals surface area contributed by atoms with Gasteiger partial charge in [0.2, 0.25) is 0 Å². The van der Waals surface area contributed by atoms with E-state index in [4.69, 9.17) is 0 Å². The van der Waals surface area contributed by atoms with Gasteiger partial charge in [-0.2, -0.15) is 0 Å². The van der Waals surface area contributed by atoms with Crippen LogP contribution in [0.1, 0.15) is 34.8 Å². The number of carbonyl (C=O) groups excluding carboxylic acids is 1. The Morgan fingerprint density at radius 2 is 2.12 bits per heavy atom. The van der Waals surface area contributed by atoms with E-state index >= 15 is 0 Å². The molecule has 0 aliphatic carbocycles. The first-order valence-corrected chi connectivity index (χ1v) is 8.48. The topological polar surface area (TPSA) is 108 Å². The maximum atomic E-state index is 12.6. The molecule has 0 radical (unpaired) electrons. The summed E-state index contributed by atoms with van der Waals surface area (Å²) in [5.74, 6) is -0.426. The third-order valence-corrected chi connectivity index (χ3v) is 4.68. The largest absolute Gasteiger partial charge is 0.465 e. The number of benzene rings is 1. The zero-order chi connectivity index (χ0) is 18.1. The van der Waals surface area contributed by atoms with Crippen molar-refractivity contribution in [3.63, 3.8) is 0 Å². The second kappa shape index (κ2) is 6.85. The predicted molar refractivity (Wildman–Crippen MR) is 93.4 cm³/mol. The fourth-order valence-electron chi connectivity index (χ4n) is 2.74. The first-order valence-electron chi connectivity index (χ1n) is 7.69. The average molecular weight is 409 g/mol. The lowest BCUT2D eigenvalue weighted by molar-refractivity contribution is 0.101. The van der Waals surface area contributed by atoms with Gasteiger partial charge in [0.1, 0.15) is 0 Å². The summed E-state index contributed by atoms with van der Waals surface area (Å²) in [5.41, 5.74) is 1.94. The summed E-state index contributed by atoms with van der Waals surface area (Å²) in [6.45, 7) is 2.52. The lowest BCUT2D eigenvalue weighted by Gasteiger charge is -2.26. The lowest BCUT2D eigenvalue weighted by Crippen LogP contribution is -2.38. The highest BCUT2D eigenvalue weighted by molar-refractivity contribution is 9.10. The van der Waals surface area contributed by atoms with Crippen molar-refractivity contribution in [2.45, 2.75) is 26.1 Å². The molecule has 1 aliphatic heterocycles. The molecule has 0 saturated heterocycles. The minimum Gasteiger partial charge on any atom is -0.465 e. The van der Waals surface area contributed by atoms with Crippen LogP contribution in [0.3, 0.4) is 0 Å². The second-order valence-electron chi connectivity index (χ2n) is 5.79. The lowest BCUT2D eigenvalue weighted by atomic mass is 10.1. The summed E-state index contributed by atoms with van der Waals surface area (Å²) in [5, 5.41) is 21.6. The summed E-state index contributed by atoms with van der Waals surface area (Å²) in [6.07, 6.45) is -1.67. The van der Waals surface area contributed by atoms with Gasteiger partial charge in [0, 0.05) is 18.8 Å². The molecule has 8 nitrogen and oxygen atoms in total. The van der Waals surface area contributed by atoms with Crippen LogP contribution < -0.4 is 5.32 Å². The van der Waals surface area contributed by atoms with Gasteiger partial charge in [-0.3, -0.25) is 4.79 Å². The molecular formula is C16H17BrN4O4. The van der Waals surface area contributed by atoms with Crippen LogP contribution in [0.25, 0.3) is 0 Å². The molecule has 2 heterocycles. The highest BCUT2D eigenvalue weighted by Gasteiger charge is 2.28. The van der Waals surface area contributed by atoms with Crippen LogP contribution in [0.15, 0.2) is 29.0 Å². The van der Waals surface area contributed by atoms with Crippen LogP contribution in [0.2, 0.25) is 0 Å². The van der Waals surface area contributed by atoms with Crippen molar-refractivity contribution in [2.24, 2.45) is 0 Å². The monoisotopic (exact) mass is 408 g/mol.